The minimum Gasteiger partial charge on any atom is -0.508 e. The first-order valence-corrected chi connectivity index (χ1v) is 8.60. The molecule has 0 atom stereocenters. The molecule has 0 aromatic heterocycles. The Hall–Kier alpha value is -3.42. The van der Waals surface area contributed by atoms with E-state index < -0.39 is 4.92 Å². The van der Waals surface area contributed by atoms with Gasteiger partial charge < -0.3 is 15.3 Å². The van der Waals surface area contributed by atoms with Crippen molar-refractivity contribution in [2.75, 3.05) is 11.4 Å². The number of piperidine rings is 1. The van der Waals surface area contributed by atoms with E-state index in [1.807, 2.05) is 0 Å². The SMILES string of the molecule is O=C(NCc1cc([N+](=O)[O-])ccc1O)c1ccc(N2CCCCC2=O)cc1. The third kappa shape index (κ3) is 4.22. The van der Waals surface area contributed by atoms with E-state index in [1.165, 1.54) is 18.2 Å². The van der Waals surface area contributed by atoms with Crippen LogP contribution < -0.4 is 10.2 Å². The number of non-ortho nitro benzene ring substituents is 1. The number of phenols is 1. The zero-order valence-corrected chi connectivity index (χ0v) is 14.6. The molecule has 27 heavy (non-hydrogen) atoms. The lowest BCUT2D eigenvalue weighted by molar-refractivity contribution is -0.384. The lowest BCUT2D eigenvalue weighted by Gasteiger charge is -2.26. The van der Waals surface area contributed by atoms with Crippen LogP contribution in [0.2, 0.25) is 0 Å². The number of nitrogens with zero attached hydrogens (tertiary/aromatic N) is 2. The molecule has 0 saturated carbocycles. The van der Waals surface area contributed by atoms with Crippen molar-refractivity contribution in [2.45, 2.75) is 25.8 Å². The van der Waals surface area contributed by atoms with Crippen molar-refractivity contribution in [1.29, 1.82) is 0 Å². The highest BCUT2D eigenvalue weighted by Gasteiger charge is 2.19. The number of phenolic OH excluding ortho intramolecular Hbond substituents is 1. The fraction of sp³-hybridized carbons (Fsp3) is 0.263. The van der Waals surface area contributed by atoms with Crippen LogP contribution in [0.1, 0.15) is 35.2 Å². The fourth-order valence-corrected chi connectivity index (χ4v) is 2.98. The quantitative estimate of drug-likeness (QED) is 0.621. The van der Waals surface area contributed by atoms with Crippen molar-refractivity contribution in [1.82, 2.24) is 5.32 Å². The van der Waals surface area contributed by atoms with Gasteiger partial charge in [-0.15, -0.1) is 0 Å². The van der Waals surface area contributed by atoms with Crippen LogP contribution in [0.5, 0.6) is 5.75 Å². The van der Waals surface area contributed by atoms with Crippen LogP contribution in [-0.4, -0.2) is 28.4 Å². The Kier molecular flexibility index (Phi) is 5.35. The molecule has 0 unspecified atom stereocenters. The lowest BCUT2D eigenvalue weighted by Crippen LogP contribution is -2.35. The second-order valence-electron chi connectivity index (χ2n) is 6.30. The highest BCUT2D eigenvalue weighted by molar-refractivity contribution is 5.96. The minimum absolute atomic E-state index is 0.0429. The van der Waals surface area contributed by atoms with Crippen LogP contribution >= 0.6 is 0 Å². The molecule has 1 fully saturated rings. The Morgan fingerprint density at radius 2 is 1.93 bits per heavy atom. The number of anilines is 1. The van der Waals surface area contributed by atoms with Crippen molar-refractivity contribution in [3.63, 3.8) is 0 Å². The number of rotatable bonds is 5. The molecule has 0 radical (unpaired) electrons. The summed E-state index contributed by atoms with van der Waals surface area (Å²) in [7, 11) is 0. The molecule has 2 aromatic carbocycles. The van der Waals surface area contributed by atoms with E-state index in [2.05, 4.69) is 5.32 Å². The first-order chi connectivity index (χ1) is 13.0. The van der Waals surface area contributed by atoms with Crippen LogP contribution in [-0.2, 0) is 11.3 Å². The maximum Gasteiger partial charge on any atom is 0.270 e. The molecule has 1 aliphatic heterocycles. The third-order valence-corrected chi connectivity index (χ3v) is 4.48. The molecule has 0 spiro atoms. The fourth-order valence-electron chi connectivity index (χ4n) is 2.98. The second kappa shape index (κ2) is 7.86. The predicted octanol–water partition coefficient (Wildman–Crippen LogP) is 2.75. The summed E-state index contributed by atoms with van der Waals surface area (Å²) in [6.07, 6.45) is 2.40. The molecule has 8 nitrogen and oxygen atoms in total. The summed E-state index contributed by atoms with van der Waals surface area (Å²) in [5.74, 6) is -0.420. The van der Waals surface area contributed by atoms with Gasteiger partial charge in [0, 0.05) is 48.5 Å². The summed E-state index contributed by atoms with van der Waals surface area (Å²) < 4.78 is 0. The average molecular weight is 369 g/mol. The topological polar surface area (TPSA) is 113 Å². The van der Waals surface area contributed by atoms with Crippen LogP contribution in [0, 0.1) is 10.1 Å². The Bertz CT molecular complexity index is 879. The molecule has 2 amide bonds. The first kappa shape index (κ1) is 18.4. The smallest absolute Gasteiger partial charge is 0.270 e. The van der Waals surface area contributed by atoms with Crippen LogP contribution in [0.25, 0.3) is 0 Å². The molecule has 0 bridgehead atoms. The predicted molar refractivity (Wildman–Crippen MR) is 98.6 cm³/mol. The van der Waals surface area contributed by atoms with Gasteiger partial charge in [0.15, 0.2) is 0 Å². The molecule has 1 heterocycles. The summed E-state index contributed by atoms with van der Waals surface area (Å²) in [6.45, 7) is 0.634. The first-order valence-electron chi connectivity index (χ1n) is 8.60. The normalized spacial score (nSPS) is 14.1. The average Bonchev–Trinajstić information content (AvgIpc) is 2.67. The number of nitro groups is 1. The summed E-state index contributed by atoms with van der Waals surface area (Å²) in [4.78, 5) is 36.2. The van der Waals surface area contributed by atoms with Gasteiger partial charge in [0.25, 0.3) is 11.6 Å². The lowest BCUT2D eigenvalue weighted by atomic mass is 10.1. The zero-order chi connectivity index (χ0) is 19.4. The number of amides is 2. The van der Waals surface area contributed by atoms with Crippen molar-refractivity contribution in [3.8, 4) is 5.75 Å². The van der Waals surface area contributed by atoms with Crippen molar-refractivity contribution < 1.29 is 19.6 Å². The molecule has 3 rings (SSSR count). The number of aromatic hydroxyl groups is 1. The standard InChI is InChI=1S/C19H19N3O5/c23-17-9-8-16(22(26)27)11-14(17)12-20-19(25)13-4-6-15(7-5-13)21-10-2-1-3-18(21)24/h4-9,11,23H,1-3,10,12H2,(H,20,25). The van der Waals surface area contributed by atoms with E-state index in [4.69, 9.17) is 0 Å². The molecular formula is C19H19N3O5. The zero-order valence-electron chi connectivity index (χ0n) is 14.6. The van der Waals surface area contributed by atoms with Gasteiger partial charge in [-0.3, -0.25) is 19.7 Å². The van der Waals surface area contributed by atoms with E-state index in [0.717, 1.165) is 18.5 Å². The number of carbonyl (C=O) groups excluding carboxylic acids is 2. The van der Waals surface area contributed by atoms with Gasteiger partial charge in [0.1, 0.15) is 5.75 Å². The van der Waals surface area contributed by atoms with Crippen molar-refractivity contribution in [2.24, 2.45) is 0 Å². The minimum atomic E-state index is -0.564. The monoisotopic (exact) mass is 369 g/mol. The maximum atomic E-state index is 12.3. The summed E-state index contributed by atoms with van der Waals surface area (Å²) >= 11 is 0. The highest BCUT2D eigenvalue weighted by Crippen LogP contribution is 2.23. The Morgan fingerprint density at radius 1 is 1.19 bits per heavy atom. The van der Waals surface area contributed by atoms with E-state index >= 15 is 0 Å². The van der Waals surface area contributed by atoms with E-state index in [0.29, 0.717) is 18.5 Å². The third-order valence-electron chi connectivity index (χ3n) is 4.48. The van der Waals surface area contributed by atoms with Crippen LogP contribution in [0.3, 0.4) is 0 Å². The molecule has 1 aliphatic rings. The number of carbonyl (C=O) groups is 2. The Morgan fingerprint density at radius 3 is 2.59 bits per heavy atom. The number of nitro benzene ring substituents is 1. The van der Waals surface area contributed by atoms with Gasteiger partial charge >= 0.3 is 0 Å². The summed E-state index contributed by atoms with van der Waals surface area (Å²) in [5, 5.41) is 23.2. The maximum absolute atomic E-state index is 12.3. The molecule has 140 valence electrons. The van der Waals surface area contributed by atoms with Crippen LogP contribution in [0.15, 0.2) is 42.5 Å². The molecule has 8 heteroatoms. The highest BCUT2D eigenvalue weighted by atomic mass is 16.6. The van der Waals surface area contributed by atoms with Gasteiger partial charge in [-0.1, -0.05) is 0 Å². The Labute approximate surface area is 155 Å². The van der Waals surface area contributed by atoms with Gasteiger partial charge in [-0.2, -0.15) is 0 Å². The van der Waals surface area contributed by atoms with Crippen molar-refractivity contribution >= 4 is 23.2 Å². The van der Waals surface area contributed by atoms with E-state index in [-0.39, 0.29) is 35.4 Å². The largest absolute Gasteiger partial charge is 0.508 e. The number of nitrogens with one attached hydrogen (secondary N) is 1. The number of hydrogen-bond donors (Lipinski definition) is 2. The molecule has 0 aliphatic carbocycles. The van der Waals surface area contributed by atoms with E-state index in [9.17, 15) is 24.8 Å². The van der Waals surface area contributed by atoms with Gasteiger partial charge in [-0.05, 0) is 43.2 Å². The van der Waals surface area contributed by atoms with Gasteiger partial charge in [0.2, 0.25) is 5.91 Å². The summed E-state index contributed by atoms with van der Waals surface area (Å²) in [6, 6.07) is 10.3. The number of hydrogen-bond acceptors (Lipinski definition) is 5. The molecule has 2 aromatic rings. The molecule has 2 N–H and O–H groups in total. The molecular weight excluding hydrogens is 350 g/mol. The van der Waals surface area contributed by atoms with Crippen molar-refractivity contribution in [3.05, 3.63) is 63.7 Å². The van der Waals surface area contributed by atoms with Gasteiger partial charge in [-0.25, -0.2) is 0 Å². The summed E-state index contributed by atoms with van der Waals surface area (Å²) in [5.41, 5.74) is 1.25. The van der Waals surface area contributed by atoms with Gasteiger partial charge in [0.05, 0.1) is 4.92 Å². The molecule has 1 saturated heterocycles. The van der Waals surface area contributed by atoms with Crippen LogP contribution in [0.4, 0.5) is 11.4 Å². The number of benzene rings is 2. The van der Waals surface area contributed by atoms with E-state index in [1.54, 1.807) is 29.2 Å². The Balaban J connectivity index is 1.65. The second-order valence-corrected chi connectivity index (χ2v) is 6.30.